The van der Waals surface area contributed by atoms with Crippen molar-refractivity contribution < 1.29 is 13.2 Å². The number of rotatable bonds is 4. The van der Waals surface area contributed by atoms with Gasteiger partial charge < -0.3 is 9.64 Å². The molecule has 22 heavy (non-hydrogen) atoms. The van der Waals surface area contributed by atoms with Crippen molar-refractivity contribution in [3.63, 3.8) is 0 Å². The summed E-state index contributed by atoms with van der Waals surface area (Å²) in [5.41, 5.74) is 0.849. The van der Waals surface area contributed by atoms with Crippen LogP contribution in [0.1, 0.15) is 26.3 Å². The van der Waals surface area contributed by atoms with Gasteiger partial charge in [0, 0.05) is 26.2 Å². The molecule has 1 fully saturated rings. The van der Waals surface area contributed by atoms with Crippen molar-refractivity contribution >= 4 is 10.0 Å². The molecule has 2 rings (SSSR count). The van der Waals surface area contributed by atoms with Gasteiger partial charge in [-0.15, -0.1) is 0 Å². The summed E-state index contributed by atoms with van der Waals surface area (Å²) in [5, 5.41) is 0. The first kappa shape index (κ1) is 18.9. The maximum atomic E-state index is 12.6. The van der Waals surface area contributed by atoms with Crippen LogP contribution in [0.4, 0.5) is 0 Å². The molecule has 0 atom stereocenters. The van der Waals surface area contributed by atoms with Crippen molar-refractivity contribution in [2.24, 2.45) is 0 Å². The van der Waals surface area contributed by atoms with Crippen LogP contribution in [0.3, 0.4) is 0 Å². The Morgan fingerprint density at radius 2 is 1.73 bits per heavy atom. The molecule has 0 aromatic heterocycles. The average molecular weight is 328 g/mol. The van der Waals surface area contributed by atoms with Gasteiger partial charge in [-0.25, -0.2) is 8.42 Å². The SMILES string of the molecule is CC.CCOc1ccc(S(=O)(=O)N2CCN(C)CC2)cc1C. The molecule has 1 aliphatic heterocycles. The lowest BCUT2D eigenvalue weighted by Crippen LogP contribution is -2.47. The van der Waals surface area contributed by atoms with Gasteiger partial charge in [0.1, 0.15) is 5.75 Å². The third kappa shape index (κ3) is 4.44. The fourth-order valence-electron chi connectivity index (χ4n) is 2.28. The van der Waals surface area contributed by atoms with Gasteiger partial charge in [-0.1, -0.05) is 13.8 Å². The molecule has 0 spiro atoms. The maximum Gasteiger partial charge on any atom is 0.243 e. The highest BCUT2D eigenvalue weighted by Crippen LogP contribution is 2.24. The molecule has 0 amide bonds. The zero-order valence-electron chi connectivity index (χ0n) is 14.3. The van der Waals surface area contributed by atoms with E-state index in [9.17, 15) is 8.42 Å². The predicted octanol–water partition coefficient (Wildman–Crippen LogP) is 2.36. The van der Waals surface area contributed by atoms with Gasteiger partial charge in [0.05, 0.1) is 11.5 Å². The Morgan fingerprint density at radius 1 is 1.14 bits per heavy atom. The quantitative estimate of drug-likeness (QED) is 0.851. The minimum atomic E-state index is -3.39. The van der Waals surface area contributed by atoms with Crippen LogP contribution in [0.25, 0.3) is 0 Å². The van der Waals surface area contributed by atoms with E-state index in [1.54, 1.807) is 22.5 Å². The van der Waals surface area contributed by atoms with Crippen LogP contribution in [0.2, 0.25) is 0 Å². The Bertz CT molecular complexity index is 565. The van der Waals surface area contributed by atoms with E-state index in [4.69, 9.17) is 4.74 Å². The largest absolute Gasteiger partial charge is 0.494 e. The lowest BCUT2D eigenvalue weighted by molar-refractivity contribution is 0.222. The van der Waals surface area contributed by atoms with Crippen LogP contribution in [-0.2, 0) is 10.0 Å². The Hall–Kier alpha value is -1.11. The molecule has 0 bridgehead atoms. The fraction of sp³-hybridized carbons (Fsp3) is 0.625. The highest BCUT2D eigenvalue weighted by molar-refractivity contribution is 7.89. The second-order valence-corrected chi connectivity index (χ2v) is 7.01. The third-order valence-corrected chi connectivity index (χ3v) is 5.44. The summed E-state index contributed by atoms with van der Waals surface area (Å²) in [5.74, 6) is 0.741. The van der Waals surface area contributed by atoms with Crippen LogP contribution < -0.4 is 4.74 Å². The van der Waals surface area contributed by atoms with Crippen LogP contribution in [0.15, 0.2) is 23.1 Å². The van der Waals surface area contributed by atoms with Gasteiger partial charge in [0.15, 0.2) is 0 Å². The summed E-state index contributed by atoms with van der Waals surface area (Å²) in [6.45, 7) is 11.0. The van der Waals surface area contributed by atoms with Gasteiger partial charge in [-0.05, 0) is 44.7 Å². The van der Waals surface area contributed by atoms with E-state index in [1.807, 2.05) is 34.7 Å². The first-order valence-corrected chi connectivity index (χ1v) is 9.31. The number of benzene rings is 1. The first-order chi connectivity index (χ1) is 10.4. The zero-order valence-corrected chi connectivity index (χ0v) is 15.1. The number of sulfonamides is 1. The minimum absolute atomic E-state index is 0.350. The van der Waals surface area contributed by atoms with Crippen molar-refractivity contribution in [3.05, 3.63) is 23.8 Å². The Morgan fingerprint density at radius 3 is 2.23 bits per heavy atom. The van der Waals surface area contributed by atoms with Crippen LogP contribution in [0.5, 0.6) is 5.75 Å². The van der Waals surface area contributed by atoms with Gasteiger partial charge in [-0.2, -0.15) is 4.31 Å². The molecule has 126 valence electrons. The molecule has 1 saturated heterocycles. The van der Waals surface area contributed by atoms with Gasteiger partial charge in [0.2, 0.25) is 10.0 Å². The molecule has 1 aromatic carbocycles. The van der Waals surface area contributed by atoms with Crippen LogP contribution >= 0.6 is 0 Å². The van der Waals surface area contributed by atoms with Crippen molar-refractivity contribution in [2.75, 3.05) is 39.8 Å². The molecule has 5 nitrogen and oxygen atoms in total. The summed E-state index contributed by atoms with van der Waals surface area (Å²) in [7, 11) is -1.38. The Kier molecular flexibility index (Phi) is 7.32. The van der Waals surface area contributed by atoms with Crippen molar-refractivity contribution in [2.45, 2.75) is 32.6 Å². The smallest absolute Gasteiger partial charge is 0.243 e. The molecule has 0 unspecified atom stereocenters. The average Bonchev–Trinajstić information content (AvgIpc) is 2.52. The normalized spacial score (nSPS) is 16.8. The molecular formula is C16H28N2O3S. The summed E-state index contributed by atoms with van der Waals surface area (Å²) < 4.78 is 32.2. The molecule has 0 aliphatic carbocycles. The molecule has 1 aliphatic rings. The van der Waals surface area contributed by atoms with E-state index in [0.29, 0.717) is 24.6 Å². The highest BCUT2D eigenvalue weighted by Gasteiger charge is 2.27. The summed E-state index contributed by atoms with van der Waals surface area (Å²) >= 11 is 0. The van der Waals surface area contributed by atoms with E-state index in [-0.39, 0.29) is 0 Å². The first-order valence-electron chi connectivity index (χ1n) is 7.87. The van der Waals surface area contributed by atoms with Crippen LogP contribution in [-0.4, -0.2) is 57.5 Å². The Labute approximate surface area is 134 Å². The van der Waals surface area contributed by atoms with Crippen LogP contribution in [0, 0.1) is 6.92 Å². The molecule has 1 aromatic rings. The number of ether oxygens (including phenoxy) is 1. The molecule has 1 heterocycles. The third-order valence-electron chi connectivity index (χ3n) is 3.55. The van der Waals surface area contributed by atoms with Gasteiger partial charge >= 0.3 is 0 Å². The van der Waals surface area contributed by atoms with E-state index in [0.717, 1.165) is 24.4 Å². The van der Waals surface area contributed by atoms with E-state index in [2.05, 4.69) is 4.90 Å². The van der Waals surface area contributed by atoms with E-state index >= 15 is 0 Å². The standard InChI is InChI=1S/C14H22N2O3S.C2H6/c1-4-19-14-6-5-13(11-12(14)2)20(17,18)16-9-7-15(3)8-10-16;1-2/h5-6,11H,4,7-10H2,1-3H3;1-2H3. The lowest BCUT2D eigenvalue weighted by atomic mass is 10.2. The van der Waals surface area contributed by atoms with Gasteiger partial charge in [0.25, 0.3) is 0 Å². The maximum absolute atomic E-state index is 12.6. The Balaban J connectivity index is 0.00000116. The number of aryl methyl sites for hydroxylation is 1. The van der Waals surface area contributed by atoms with Gasteiger partial charge in [-0.3, -0.25) is 0 Å². The number of nitrogens with zero attached hydrogens (tertiary/aromatic N) is 2. The second-order valence-electron chi connectivity index (χ2n) is 5.07. The predicted molar refractivity (Wildman–Crippen MR) is 90.0 cm³/mol. The molecule has 0 saturated carbocycles. The second kappa shape index (κ2) is 8.50. The summed E-state index contributed by atoms with van der Waals surface area (Å²) in [4.78, 5) is 2.48. The lowest BCUT2D eigenvalue weighted by Gasteiger charge is -2.31. The number of hydrogen-bond acceptors (Lipinski definition) is 4. The van der Waals surface area contributed by atoms with Crippen molar-refractivity contribution in [1.82, 2.24) is 9.21 Å². The van der Waals surface area contributed by atoms with Crippen molar-refractivity contribution in [1.29, 1.82) is 0 Å². The molecular weight excluding hydrogens is 300 g/mol. The molecule has 0 radical (unpaired) electrons. The summed E-state index contributed by atoms with van der Waals surface area (Å²) in [6, 6.07) is 5.06. The summed E-state index contributed by atoms with van der Waals surface area (Å²) in [6.07, 6.45) is 0. The highest BCUT2D eigenvalue weighted by atomic mass is 32.2. The van der Waals surface area contributed by atoms with E-state index in [1.165, 1.54) is 0 Å². The number of likely N-dealkylation sites (N-methyl/N-ethyl adjacent to an activating group) is 1. The monoisotopic (exact) mass is 328 g/mol. The number of hydrogen-bond donors (Lipinski definition) is 0. The molecule has 6 heteroatoms. The number of piperazine rings is 1. The zero-order chi connectivity index (χ0) is 16.8. The van der Waals surface area contributed by atoms with Crippen molar-refractivity contribution in [3.8, 4) is 5.75 Å². The molecule has 0 N–H and O–H groups in total. The minimum Gasteiger partial charge on any atom is -0.494 e. The topological polar surface area (TPSA) is 49.9 Å². The fourth-order valence-corrected chi connectivity index (χ4v) is 3.79. The van der Waals surface area contributed by atoms with E-state index < -0.39 is 10.0 Å².